The number of amides is 1. The fourth-order valence-electron chi connectivity index (χ4n) is 3.06. The molecule has 0 radical (unpaired) electrons. The monoisotopic (exact) mass is 365 g/mol. The molecule has 0 fully saturated rings. The van der Waals surface area contributed by atoms with E-state index in [9.17, 15) is 4.79 Å². The Morgan fingerprint density at radius 2 is 2.15 bits per heavy atom. The molecule has 1 heterocycles. The number of rotatable bonds is 6. The van der Waals surface area contributed by atoms with Crippen molar-refractivity contribution < 1.29 is 14.3 Å². The Bertz CT molecular complexity index is 889. The van der Waals surface area contributed by atoms with Gasteiger partial charge in [0.25, 0.3) is 0 Å². The lowest BCUT2D eigenvalue weighted by molar-refractivity contribution is -0.116. The van der Waals surface area contributed by atoms with Crippen LogP contribution in [0.15, 0.2) is 36.4 Å². The maximum Gasteiger partial charge on any atom is 0.246 e. The highest BCUT2D eigenvalue weighted by Crippen LogP contribution is 2.38. The van der Waals surface area contributed by atoms with Crippen molar-refractivity contribution >= 4 is 17.3 Å². The molecule has 0 saturated carbocycles. The van der Waals surface area contributed by atoms with Crippen LogP contribution in [0.4, 0.5) is 11.4 Å². The van der Waals surface area contributed by atoms with Crippen molar-refractivity contribution in [2.24, 2.45) is 0 Å². The molecule has 6 heteroatoms. The first kappa shape index (κ1) is 18.6. The second kappa shape index (κ2) is 8.00. The largest absolute Gasteiger partial charge is 0.492 e. The van der Waals surface area contributed by atoms with Gasteiger partial charge in [-0.3, -0.25) is 4.79 Å². The standard InChI is InChI=1S/C21H23N3O3/c1-4-26-20-10-16-9-13(2)27-19(16)11-18(20)23-14(3)21(25)24-17-8-6-5-7-15(17)12-22/h5-8,10-11,13-14,23H,4,9H2,1-3H3,(H,24,25)/t13-,14+/m1/s1. The molecule has 0 bridgehead atoms. The van der Waals surface area contributed by atoms with Crippen LogP contribution in [0.5, 0.6) is 11.5 Å². The summed E-state index contributed by atoms with van der Waals surface area (Å²) in [5.41, 5.74) is 2.74. The van der Waals surface area contributed by atoms with E-state index in [2.05, 4.69) is 16.7 Å². The normalized spacial score (nSPS) is 15.9. The molecule has 1 aliphatic heterocycles. The number of nitriles is 1. The van der Waals surface area contributed by atoms with E-state index in [0.717, 1.165) is 17.7 Å². The number of ether oxygens (including phenoxy) is 2. The number of carbonyl (C=O) groups is 1. The zero-order valence-corrected chi connectivity index (χ0v) is 15.7. The van der Waals surface area contributed by atoms with Crippen LogP contribution in [-0.2, 0) is 11.2 Å². The predicted octanol–water partition coefficient (Wildman–Crippen LogP) is 3.72. The van der Waals surface area contributed by atoms with Gasteiger partial charge in [-0.15, -0.1) is 0 Å². The van der Waals surface area contributed by atoms with E-state index in [0.29, 0.717) is 29.3 Å². The smallest absolute Gasteiger partial charge is 0.246 e. The highest BCUT2D eigenvalue weighted by Gasteiger charge is 2.23. The Hall–Kier alpha value is -3.20. The molecule has 1 aliphatic rings. The van der Waals surface area contributed by atoms with Gasteiger partial charge >= 0.3 is 0 Å². The number of nitrogens with one attached hydrogen (secondary N) is 2. The van der Waals surface area contributed by atoms with Crippen molar-refractivity contribution in [2.75, 3.05) is 17.2 Å². The molecular formula is C21H23N3O3. The van der Waals surface area contributed by atoms with Crippen molar-refractivity contribution in [3.05, 3.63) is 47.5 Å². The number of fused-ring (bicyclic) bond motifs is 1. The quantitative estimate of drug-likeness (QED) is 0.815. The molecule has 2 aromatic rings. The Morgan fingerprint density at radius 1 is 1.37 bits per heavy atom. The number of carbonyl (C=O) groups excluding carboxylic acids is 1. The SMILES string of the molecule is CCOc1cc2c(cc1N[C@@H](C)C(=O)Nc1ccccc1C#N)O[C@H](C)C2. The van der Waals surface area contributed by atoms with E-state index in [-0.39, 0.29) is 12.0 Å². The molecule has 6 nitrogen and oxygen atoms in total. The molecule has 2 aromatic carbocycles. The number of para-hydroxylation sites is 1. The maximum absolute atomic E-state index is 12.6. The number of benzene rings is 2. The lowest BCUT2D eigenvalue weighted by Crippen LogP contribution is -2.32. The lowest BCUT2D eigenvalue weighted by Gasteiger charge is -2.19. The molecule has 27 heavy (non-hydrogen) atoms. The third-order valence-electron chi connectivity index (χ3n) is 4.37. The summed E-state index contributed by atoms with van der Waals surface area (Å²) in [5.74, 6) is 1.27. The van der Waals surface area contributed by atoms with E-state index in [4.69, 9.17) is 14.7 Å². The minimum atomic E-state index is -0.534. The van der Waals surface area contributed by atoms with Crippen molar-refractivity contribution in [2.45, 2.75) is 39.3 Å². The molecular weight excluding hydrogens is 342 g/mol. The summed E-state index contributed by atoms with van der Waals surface area (Å²) in [6, 6.07) is 12.3. The van der Waals surface area contributed by atoms with Gasteiger partial charge < -0.3 is 20.1 Å². The summed E-state index contributed by atoms with van der Waals surface area (Å²) in [5, 5.41) is 15.2. The van der Waals surface area contributed by atoms with Crippen LogP contribution in [0.1, 0.15) is 31.9 Å². The summed E-state index contributed by atoms with van der Waals surface area (Å²) in [7, 11) is 0. The van der Waals surface area contributed by atoms with Gasteiger partial charge in [-0.1, -0.05) is 12.1 Å². The van der Waals surface area contributed by atoms with Crippen LogP contribution in [0.25, 0.3) is 0 Å². The highest BCUT2D eigenvalue weighted by atomic mass is 16.5. The Labute approximate surface area is 159 Å². The fourth-order valence-corrected chi connectivity index (χ4v) is 3.06. The lowest BCUT2D eigenvalue weighted by atomic mass is 10.1. The molecule has 0 saturated heterocycles. The Balaban J connectivity index is 1.77. The highest BCUT2D eigenvalue weighted by molar-refractivity contribution is 5.97. The topological polar surface area (TPSA) is 83.4 Å². The molecule has 140 valence electrons. The first-order valence-corrected chi connectivity index (χ1v) is 9.04. The second-order valence-corrected chi connectivity index (χ2v) is 6.53. The minimum Gasteiger partial charge on any atom is -0.492 e. The summed E-state index contributed by atoms with van der Waals surface area (Å²) in [6.07, 6.45) is 0.976. The molecule has 0 aliphatic carbocycles. The van der Waals surface area contributed by atoms with Gasteiger partial charge in [-0.2, -0.15) is 5.26 Å². The van der Waals surface area contributed by atoms with Crippen molar-refractivity contribution in [1.29, 1.82) is 5.26 Å². The summed E-state index contributed by atoms with van der Waals surface area (Å²) < 4.78 is 11.6. The van der Waals surface area contributed by atoms with Crippen LogP contribution in [0.2, 0.25) is 0 Å². The summed E-state index contributed by atoms with van der Waals surface area (Å²) >= 11 is 0. The van der Waals surface area contributed by atoms with E-state index in [1.165, 1.54) is 0 Å². The number of hydrogen-bond acceptors (Lipinski definition) is 5. The minimum absolute atomic E-state index is 0.132. The number of nitrogens with zero attached hydrogens (tertiary/aromatic N) is 1. The van der Waals surface area contributed by atoms with E-state index < -0.39 is 6.04 Å². The average Bonchev–Trinajstić information content (AvgIpc) is 3.01. The first-order chi connectivity index (χ1) is 13.0. The zero-order valence-electron chi connectivity index (χ0n) is 15.7. The van der Waals surface area contributed by atoms with Gasteiger partial charge in [0.1, 0.15) is 29.7 Å². The number of hydrogen-bond donors (Lipinski definition) is 2. The molecule has 2 N–H and O–H groups in total. The maximum atomic E-state index is 12.6. The van der Waals surface area contributed by atoms with Crippen LogP contribution in [-0.4, -0.2) is 24.7 Å². The van der Waals surface area contributed by atoms with E-state index >= 15 is 0 Å². The second-order valence-electron chi connectivity index (χ2n) is 6.53. The first-order valence-electron chi connectivity index (χ1n) is 9.04. The summed E-state index contributed by atoms with van der Waals surface area (Å²) in [6.45, 7) is 6.23. The zero-order chi connectivity index (χ0) is 19.4. The molecule has 0 aromatic heterocycles. The summed E-state index contributed by atoms with van der Waals surface area (Å²) in [4.78, 5) is 12.6. The van der Waals surface area contributed by atoms with Gasteiger partial charge in [-0.25, -0.2) is 0 Å². The van der Waals surface area contributed by atoms with Crippen LogP contribution in [0.3, 0.4) is 0 Å². The van der Waals surface area contributed by atoms with Gasteiger partial charge in [0.15, 0.2) is 0 Å². The van der Waals surface area contributed by atoms with E-state index in [1.54, 1.807) is 31.2 Å². The molecule has 3 rings (SSSR count). The molecule has 2 atom stereocenters. The van der Waals surface area contributed by atoms with Gasteiger partial charge in [0, 0.05) is 18.1 Å². The van der Waals surface area contributed by atoms with Crippen LogP contribution >= 0.6 is 0 Å². The fraction of sp³-hybridized carbons (Fsp3) is 0.333. The number of anilines is 2. The van der Waals surface area contributed by atoms with Crippen molar-refractivity contribution in [3.63, 3.8) is 0 Å². The van der Waals surface area contributed by atoms with Crippen LogP contribution < -0.4 is 20.1 Å². The van der Waals surface area contributed by atoms with Crippen molar-refractivity contribution in [1.82, 2.24) is 0 Å². The van der Waals surface area contributed by atoms with Gasteiger partial charge in [0.2, 0.25) is 5.91 Å². The Morgan fingerprint density at radius 3 is 2.89 bits per heavy atom. The average molecular weight is 365 g/mol. The Kier molecular flexibility index (Phi) is 5.51. The molecule has 0 spiro atoms. The third-order valence-corrected chi connectivity index (χ3v) is 4.37. The molecule has 0 unspecified atom stereocenters. The predicted molar refractivity (Wildman–Crippen MR) is 104 cm³/mol. The molecule has 1 amide bonds. The van der Waals surface area contributed by atoms with E-state index in [1.807, 2.05) is 26.0 Å². The van der Waals surface area contributed by atoms with Gasteiger partial charge in [-0.05, 0) is 39.0 Å². The van der Waals surface area contributed by atoms with Crippen molar-refractivity contribution in [3.8, 4) is 17.6 Å². The van der Waals surface area contributed by atoms with Crippen LogP contribution in [0, 0.1) is 11.3 Å². The third kappa shape index (κ3) is 4.14. The van der Waals surface area contributed by atoms with Gasteiger partial charge in [0.05, 0.1) is 23.5 Å².